The molecule has 0 amide bonds. The summed E-state index contributed by atoms with van der Waals surface area (Å²) in [4.78, 5) is 44.0. The summed E-state index contributed by atoms with van der Waals surface area (Å²) in [6, 6.07) is 26.5. The fourth-order valence-corrected chi connectivity index (χ4v) is 8.09. The Hall–Kier alpha value is -4.65. The molecule has 1 atom stereocenters. The molecule has 1 aliphatic heterocycles. The molecule has 0 N–H and O–H groups in total. The number of halogens is 2. The summed E-state index contributed by atoms with van der Waals surface area (Å²) in [5.41, 5.74) is 4.64. The number of esters is 1. The standard InChI is InChI=1S/C38H31Br2N3O6S/c1-4-48-37(45)32-33(26-8-6-5-7-9-26)41-38-42(34(32)27-14-12-25(13-15-27)22(2)3)36(44)31(50-38)20-24-18-29(39)35(30(40)19-24)49-21-23-10-16-28(17-11-23)43(46)47/h5-20,22,34H,4,21H2,1-3H3/b31-20-/t34-/m0/s1. The molecule has 5 aromatic rings. The van der Waals surface area contributed by atoms with Gasteiger partial charge in [0.25, 0.3) is 11.2 Å². The van der Waals surface area contributed by atoms with Gasteiger partial charge in [-0.25, -0.2) is 9.79 Å². The van der Waals surface area contributed by atoms with Gasteiger partial charge in [0.15, 0.2) is 4.80 Å². The van der Waals surface area contributed by atoms with Crippen LogP contribution >= 0.6 is 43.2 Å². The van der Waals surface area contributed by atoms with E-state index in [4.69, 9.17) is 14.5 Å². The van der Waals surface area contributed by atoms with Gasteiger partial charge in [0, 0.05) is 17.7 Å². The highest BCUT2D eigenvalue weighted by Crippen LogP contribution is 2.37. The minimum atomic E-state index is -0.766. The Morgan fingerprint density at radius 3 is 2.28 bits per heavy atom. The number of nitrogens with zero attached hydrogens (tertiary/aromatic N) is 3. The molecule has 6 rings (SSSR count). The summed E-state index contributed by atoms with van der Waals surface area (Å²) in [7, 11) is 0. The number of ether oxygens (including phenoxy) is 2. The number of thiazole rings is 1. The lowest BCUT2D eigenvalue weighted by atomic mass is 9.91. The molecule has 50 heavy (non-hydrogen) atoms. The van der Waals surface area contributed by atoms with Crippen LogP contribution in [0.15, 0.2) is 115 Å². The molecule has 0 radical (unpaired) electrons. The first kappa shape index (κ1) is 35.2. The van der Waals surface area contributed by atoms with Gasteiger partial charge in [0.2, 0.25) is 0 Å². The van der Waals surface area contributed by atoms with Crippen LogP contribution in [-0.2, 0) is 16.1 Å². The zero-order chi connectivity index (χ0) is 35.5. The minimum Gasteiger partial charge on any atom is -0.487 e. The maximum atomic E-state index is 14.3. The topological polar surface area (TPSA) is 113 Å². The zero-order valence-electron chi connectivity index (χ0n) is 27.3. The highest BCUT2D eigenvalue weighted by molar-refractivity contribution is 9.11. The predicted octanol–water partition coefficient (Wildman–Crippen LogP) is 8.07. The first-order valence-corrected chi connectivity index (χ1v) is 18.2. The number of benzene rings is 4. The summed E-state index contributed by atoms with van der Waals surface area (Å²) < 4.78 is 14.9. The maximum absolute atomic E-state index is 14.3. The summed E-state index contributed by atoms with van der Waals surface area (Å²) in [5, 5.41) is 11.0. The van der Waals surface area contributed by atoms with Crippen molar-refractivity contribution in [1.29, 1.82) is 0 Å². The van der Waals surface area contributed by atoms with Gasteiger partial charge in [-0.1, -0.05) is 79.8 Å². The SMILES string of the molecule is CCOC(=O)C1=C(c2ccccc2)N=c2s/c(=C\c3cc(Br)c(OCc4ccc([N+](=O)[O-])cc4)c(Br)c3)c(=O)n2[C@H]1c1ccc(C(C)C)cc1. The Kier molecular flexibility index (Phi) is 10.6. The van der Waals surface area contributed by atoms with E-state index in [9.17, 15) is 19.7 Å². The number of carbonyl (C=O) groups is 1. The third kappa shape index (κ3) is 7.28. The molecule has 2 heterocycles. The largest absolute Gasteiger partial charge is 0.487 e. The number of non-ortho nitro benzene ring substituents is 1. The Bertz CT molecular complexity index is 2270. The first-order valence-electron chi connectivity index (χ1n) is 15.8. The maximum Gasteiger partial charge on any atom is 0.338 e. The lowest BCUT2D eigenvalue weighted by molar-refractivity contribution is -0.384. The van der Waals surface area contributed by atoms with Crippen molar-refractivity contribution >= 4 is 66.6 Å². The van der Waals surface area contributed by atoms with Crippen molar-refractivity contribution in [2.24, 2.45) is 4.99 Å². The molecule has 0 aliphatic carbocycles. The summed E-state index contributed by atoms with van der Waals surface area (Å²) in [6.07, 6.45) is 1.79. The van der Waals surface area contributed by atoms with Crippen molar-refractivity contribution in [2.75, 3.05) is 6.61 Å². The fraction of sp³-hybridized carbons (Fsp3) is 0.184. The average molecular weight is 818 g/mol. The third-order valence-corrected chi connectivity index (χ3v) is 10.3. The fourth-order valence-electron chi connectivity index (χ4n) is 5.64. The molecule has 4 aromatic carbocycles. The van der Waals surface area contributed by atoms with E-state index in [0.29, 0.717) is 41.2 Å². The molecule has 12 heteroatoms. The molecule has 0 spiro atoms. The molecule has 0 fully saturated rings. The molecule has 9 nitrogen and oxygen atoms in total. The van der Waals surface area contributed by atoms with E-state index in [0.717, 1.165) is 27.8 Å². The lowest BCUT2D eigenvalue weighted by Gasteiger charge is -2.26. The Morgan fingerprint density at radius 1 is 1.02 bits per heavy atom. The number of aromatic nitrogens is 1. The molecule has 1 aromatic heterocycles. The number of nitro benzene ring substituents is 1. The van der Waals surface area contributed by atoms with Gasteiger partial charge >= 0.3 is 5.97 Å². The Labute approximate surface area is 308 Å². The van der Waals surface area contributed by atoms with Crippen LogP contribution in [0.3, 0.4) is 0 Å². The van der Waals surface area contributed by atoms with E-state index < -0.39 is 16.9 Å². The van der Waals surface area contributed by atoms with Crippen molar-refractivity contribution in [1.82, 2.24) is 4.57 Å². The summed E-state index contributed by atoms with van der Waals surface area (Å²) in [6.45, 7) is 6.35. The normalized spacial score (nSPS) is 14.4. The highest BCUT2D eigenvalue weighted by Gasteiger charge is 2.35. The van der Waals surface area contributed by atoms with E-state index in [1.54, 1.807) is 29.7 Å². The van der Waals surface area contributed by atoms with Gasteiger partial charge in [-0.3, -0.25) is 19.5 Å². The van der Waals surface area contributed by atoms with Crippen molar-refractivity contribution in [2.45, 2.75) is 39.3 Å². The second-order valence-corrected chi connectivity index (χ2v) is 14.5. The predicted molar refractivity (Wildman–Crippen MR) is 201 cm³/mol. The van der Waals surface area contributed by atoms with Crippen LogP contribution in [0.4, 0.5) is 5.69 Å². The van der Waals surface area contributed by atoms with Crippen molar-refractivity contribution in [3.63, 3.8) is 0 Å². The number of rotatable bonds is 10. The monoisotopic (exact) mass is 815 g/mol. The van der Waals surface area contributed by atoms with Gasteiger partial charge < -0.3 is 9.47 Å². The number of hydrogen-bond acceptors (Lipinski definition) is 8. The molecule has 0 saturated carbocycles. The molecular formula is C38H31Br2N3O6S. The van der Waals surface area contributed by atoms with E-state index in [-0.39, 0.29) is 24.5 Å². The second kappa shape index (κ2) is 15.1. The van der Waals surface area contributed by atoms with E-state index in [2.05, 4.69) is 45.7 Å². The van der Waals surface area contributed by atoms with Crippen LogP contribution < -0.4 is 19.6 Å². The van der Waals surface area contributed by atoms with Crippen LogP contribution in [0.1, 0.15) is 60.5 Å². The molecule has 1 aliphatic rings. The van der Waals surface area contributed by atoms with Gasteiger partial charge in [-0.2, -0.15) is 0 Å². The van der Waals surface area contributed by atoms with Crippen LogP contribution in [0.2, 0.25) is 0 Å². The van der Waals surface area contributed by atoms with Crippen molar-refractivity contribution < 1.29 is 19.2 Å². The van der Waals surface area contributed by atoms with Crippen LogP contribution in [0, 0.1) is 10.1 Å². The van der Waals surface area contributed by atoms with Crippen LogP contribution in [0.5, 0.6) is 5.75 Å². The molecule has 0 unspecified atom stereocenters. The summed E-state index contributed by atoms with van der Waals surface area (Å²) in [5.74, 6) is 0.321. The van der Waals surface area contributed by atoms with E-state index >= 15 is 0 Å². The number of carbonyl (C=O) groups excluding carboxylic acids is 1. The quantitative estimate of drug-likeness (QED) is 0.0801. The molecule has 0 saturated heterocycles. The Balaban J connectivity index is 1.44. The first-order chi connectivity index (χ1) is 24.0. The lowest BCUT2D eigenvalue weighted by Crippen LogP contribution is -2.40. The number of hydrogen-bond donors (Lipinski definition) is 0. The molecular weight excluding hydrogens is 786 g/mol. The average Bonchev–Trinajstić information content (AvgIpc) is 3.41. The van der Waals surface area contributed by atoms with Gasteiger partial charge in [0.05, 0.1) is 42.3 Å². The highest BCUT2D eigenvalue weighted by atomic mass is 79.9. The minimum absolute atomic E-state index is 0.00880. The second-order valence-electron chi connectivity index (χ2n) is 11.8. The Morgan fingerprint density at radius 2 is 1.68 bits per heavy atom. The molecule has 0 bridgehead atoms. The smallest absolute Gasteiger partial charge is 0.338 e. The van der Waals surface area contributed by atoms with Gasteiger partial charge in [-0.15, -0.1) is 0 Å². The number of nitro groups is 1. The van der Waals surface area contributed by atoms with Gasteiger partial charge in [0.1, 0.15) is 12.4 Å². The van der Waals surface area contributed by atoms with E-state index in [1.807, 2.05) is 66.7 Å². The van der Waals surface area contributed by atoms with Crippen LogP contribution in [0.25, 0.3) is 11.8 Å². The van der Waals surface area contributed by atoms with Gasteiger partial charge in [-0.05, 0) is 97.3 Å². The van der Waals surface area contributed by atoms with Crippen molar-refractivity contribution in [3.8, 4) is 5.75 Å². The molecule has 254 valence electrons. The summed E-state index contributed by atoms with van der Waals surface area (Å²) >= 11 is 8.44. The van der Waals surface area contributed by atoms with Crippen LogP contribution in [-0.4, -0.2) is 22.1 Å². The van der Waals surface area contributed by atoms with E-state index in [1.165, 1.54) is 23.5 Å². The van der Waals surface area contributed by atoms with Crippen molar-refractivity contribution in [3.05, 3.63) is 163 Å². The zero-order valence-corrected chi connectivity index (χ0v) is 31.3. The third-order valence-electron chi connectivity index (χ3n) is 8.14. The number of fused-ring (bicyclic) bond motifs is 1.